The van der Waals surface area contributed by atoms with Gasteiger partial charge in [0.1, 0.15) is 12.1 Å². The fraction of sp³-hybridized carbons (Fsp3) is 0.357. The van der Waals surface area contributed by atoms with Crippen LogP contribution in [0.5, 0.6) is 0 Å². The van der Waals surface area contributed by atoms with Crippen LogP contribution < -0.4 is 11.1 Å². The highest BCUT2D eigenvalue weighted by molar-refractivity contribution is 5.88. The molecular weight excluding hydrogens is 276 g/mol. The third-order valence-corrected chi connectivity index (χ3v) is 2.83. The van der Waals surface area contributed by atoms with Crippen molar-refractivity contribution >= 4 is 17.8 Å². The molecule has 7 nitrogen and oxygen atoms in total. The minimum Gasteiger partial charge on any atom is -0.480 e. The first-order chi connectivity index (χ1) is 9.93. The Morgan fingerprint density at radius 2 is 1.90 bits per heavy atom. The van der Waals surface area contributed by atoms with Crippen LogP contribution in [-0.2, 0) is 25.5 Å². The minimum absolute atomic E-state index is 0.252. The van der Waals surface area contributed by atoms with Gasteiger partial charge in [-0.2, -0.15) is 0 Å². The molecule has 0 aromatic heterocycles. The van der Waals surface area contributed by atoms with E-state index in [0.717, 1.165) is 5.56 Å². The van der Waals surface area contributed by atoms with Gasteiger partial charge in [0.05, 0.1) is 13.5 Å². The van der Waals surface area contributed by atoms with E-state index in [9.17, 15) is 14.4 Å². The van der Waals surface area contributed by atoms with Crippen molar-refractivity contribution < 1.29 is 24.2 Å². The Morgan fingerprint density at radius 1 is 1.29 bits per heavy atom. The normalized spacial score (nSPS) is 13.0. The van der Waals surface area contributed by atoms with Crippen LogP contribution in [0.25, 0.3) is 0 Å². The molecule has 1 rings (SSSR count). The smallest absolute Gasteiger partial charge is 0.328 e. The van der Waals surface area contributed by atoms with E-state index in [-0.39, 0.29) is 6.42 Å². The molecule has 0 fully saturated rings. The van der Waals surface area contributed by atoms with Crippen LogP contribution in [0.3, 0.4) is 0 Å². The van der Waals surface area contributed by atoms with E-state index in [0.29, 0.717) is 0 Å². The SMILES string of the molecule is COC(=O)[C@@H](Cc1ccccc1)NC(=O)C[C@@H](N)C(=O)O. The number of carboxylic acid groups (broad SMARTS) is 1. The number of nitrogens with two attached hydrogens (primary N) is 1. The van der Waals surface area contributed by atoms with Gasteiger partial charge >= 0.3 is 11.9 Å². The van der Waals surface area contributed by atoms with Gasteiger partial charge in [-0.05, 0) is 5.56 Å². The monoisotopic (exact) mass is 294 g/mol. The Labute approximate surface area is 122 Å². The number of aliphatic carboxylic acids is 1. The molecule has 0 aliphatic heterocycles. The van der Waals surface area contributed by atoms with Gasteiger partial charge in [0.2, 0.25) is 5.91 Å². The predicted molar refractivity (Wildman–Crippen MR) is 74.3 cm³/mol. The fourth-order valence-electron chi connectivity index (χ4n) is 1.73. The van der Waals surface area contributed by atoms with Gasteiger partial charge in [0.25, 0.3) is 0 Å². The maximum absolute atomic E-state index is 11.7. The summed E-state index contributed by atoms with van der Waals surface area (Å²) in [4.78, 5) is 34.0. The summed E-state index contributed by atoms with van der Waals surface area (Å²) in [6, 6.07) is 6.89. The van der Waals surface area contributed by atoms with Gasteiger partial charge in [-0.25, -0.2) is 4.79 Å². The molecule has 0 aliphatic rings. The van der Waals surface area contributed by atoms with E-state index in [1.807, 2.05) is 30.3 Å². The summed E-state index contributed by atoms with van der Waals surface area (Å²) in [5.74, 6) is -2.49. The number of methoxy groups -OCH3 is 1. The average Bonchev–Trinajstić information content (AvgIpc) is 2.46. The molecule has 21 heavy (non-hydrogen) atoms. The zero-order valence-electron chi connectivity index (χ0n) is 11.6. The first-order valence-corrected chi connectivity index (χ1v) is 6.33. The molecule has 4 N–H and O–H groups in total. The van der Waals surface area contributed by atoms with E-state index in [4.69, 9.17) is 10.8 Å². The number of esters is 1. The number of amides is 1. The second kappa shape index (κ2) is 8.01. The number of ether oxygens (including phenoxy) is 1. The first kappa shape index (κ1) is 16.6. The highest BCUT2D eigenvalue weighted by Gasteiger charge is 2.24. The standard InChI is InChI=1S/C14H18N2O5/c1-21-14(20)11(7-9-5-3-2-4-6-9)16-12(17)8-10(15)13(18)19/h2-6,10-11H,7-8,15H2,1H3,(H,16,17)(H,18,19)/t10-,11-/m1/s1. The van der Waals surface area contributed by atoms with Crippen molar-refractivity contribution in [3.05, 3.63) is 35.9 Å². The molecular formula is C14H18N2O5. The molecule has 0 saturated carbocycles. The molecule has 0 saturated heterocycles. The van der Waals surface area contributed by atoms with E-state index in [1.165, 1.54) is 7.11 Å². The lowest BCUT2D eigenvalue weighted by molar-refractivity contribution is -0.145. The van der Waals surface area contributed by atoms with Crippen LogP contribution in [-0.4, -0.2) is 42.1 Å². The van der Waals surface area contributed by atoms with Crippen LogP contribution in [0.4, 0.5) is 0 Å². The zero-order chi connectivity index (χ0) is 15.8. The largest absolute Gasteiger partial charge is 0.480 e. The third-order valence-electron chi connectivity index (χ3n) is 2.83. The summed E-state index contributed by atoms with van der Waals surface area (Å²) in [6.45, 7) is 0. The second-order valence-electron chi connectivity index (χ2n) is 4.48. The van der Waals surface area contributed by atoms with Crippen LogP contribution >= 0.6 is 0 Å². The van der Waals surface area contributed by atoms with Crippen molar-refractivity contribution in [3.8, 4) is 0 Å². The Bertz CT molecular complexity index is 503. The molecule has 0 radical (unpaired) electrons. The Morgan fingerprint density at radius 3 is 2.43 bits per heavy atom. The molecule has 0 spiro atoms. The molecule has 0 heterocycles. The highest BCUT2D eigenvalue weighted by atomic mass is 16.5. The minimum atomic E-state index is -1.31. The fourth-order valence-corrected chi connectivity index (χ4v) is 1.73. The van der Waals surface area contributed by atoms with Crippen molar-refractivity contribution in [3.63, 3.8) is 0 Å². The zero-order valence-corrected chi connectivity index (χ0v) is 11.6. The first-order valence-electron chi connectivity index (χ1n) is 6.33. The molecule has 2 atom stereocenters. The average molecular weight is 294 g/mol. The number of carboxylic acids is 1. The summed E-state index contributed by atoms with van der Waals surface area (Å²) in [7, 11) is 1.22. The Balaban J connectivity index is 2.68. The molecule has 0 bridgehead atoms. The summed E-state index contributed by atoms with van der Waals surface area (Å²) in [5, 5.41) is 11.1. The number of carbonyl (C=O) groups excluding carboxylic acids is 2. The number of hydrogen-bond donors (Lipinski definition) is 3. The number of benzene rings is 1. The lowest BCUT2D eigenvalue weighted by Crippen LogP contribution is -2.45. The molecule has 114 valence electrons. The summed E-state index contributed by atoms with van der Waals surface area (Å²) in [6.07, 6.45) is -0.154. The predicted octanol–water partition coefficient (Wildman–Crippen LogP) is -0.311. The van der Waals surface area contributed by atoms with Crippen molar-refractivity contribution in [2.45, 2.75) is 24.9 Å². The van der Waals surface area contributed by atoms with Crippen molar-refractivity contribution in [1.29, 1.82) is 0 Å². The van der Waals surface area contributed by atoms with E-state index in [2.05, 4.69) is 10.1 Å². The van der Waals surface area contributed by atoms with E-state index < -0.39 is 36.4 Å². The summed E-state index contributed by atoms with van der Waals surface area (Å²) >= 11 is 0. The van der Waals surface area contributed by atoms with Crippen LogP contribution in [0.15, 0.2) is 30.3 Å². The lowest BCUT2D eigenvalue weighted by Gasteiger charge is -2.17. The van der Waals surface area contributed by atoms with Crippen molar-refractivity contribution in [2.24, 2.45) is 5.73 Å². The Hall–Kier alpha value is -2.41. The number of nitrogens with one attached hydrogen (secondary N) is 1. The molecule has 7 heteroatoms. The van der Waals surface area contributed by atoms with Crippen molar-refractivity contribution in [1.82, 2.24) is 5.32 Å². The number of rotatable bonds is 7. The van der Waals surface area contributed by atoms with Gasteiger partial charge in [-0.1, -0.05) is 30.3 Å². The summed E-state index contributed by atoms with van der Waals surface area (Å²) < 4.78 is 4.64. The van der Waals surface area contributed by atoms with E-state index >= 15 is 0 Å². The maximum atomic E-state index is 11.7. The number of hydrogen-bond acceptors (Lipinski definition) is 5. The highest BCUT2D eigenvalue weighted by Crippen LogP contribution is 2.05. The second-order valence-corrected chi connectivity index (χ2v) is 4.48. The van der Waals surface area contributed by atoms with Crippen LogP contribution in [0.1, 0.15) is 12.0 Å². The van der Waals surface area contributed by atoms with Crippen LogP contribution in [0.2, 0.25) is 0 Å². The topological polar surface area (TPSA) is 119 Å². The number of carbonyl (C=O) groups is 3. The van der Waals surface area contributed by atoms with Gasteiger partial charge < -0.3 is 20.9 Å². The molecule has 1 aromatic rings. The molecule has 1 aromatic carbocycles. The van der Waals surface area contributed by atoms with Gasteiger partial charge in [-0.15, -0.1) is 0 Å². The van der Waals surface area contributed by atoms with Gasteiger partial charge in [0.15, 0.2) is 0 Å². The van der Waals surface area contributed by atoms with Gasteiger partial charge in [-0.3, -0.25) is 9.59 Å². The lowest BCUT2D eigenvalue weighted by atomic mass is 10.1. The third kappa shape index (κ3) is 5.62. The molecule has 0 aliphatic carbocycles. The summed E-state index contributed by atoms with van der Waals surface area (Å²) in [5.41, 5.74) is 6.12. The van der Waals surface area contributed by atoms with Crippen molar-refractivity contribution in [2.75, 3.05) is 7.11 Å². The maximum Gasteiger partial charge on any atom is 0.328 e. The molecule has 0 unspecified atom stereocenters. The molecule has 1 amide bonds. The van der Waals surface area contributed by atoms with Gasteiger partial charge in [0, 0.05) is 6.42 Å². The Kier molecular flexibility index (Phi) is 6.35. The van der Waals surface area contributed by atoms with E-state index in [1.54, 1.807) is 0 Å². The van der Waals surface area contributed by atoms with Crippen LogP contribution in [0, 0.1) is 0 Å². The quantitative estimate of drug-likeness (QED) is 0.593.